The first kappa shape index (κ1) is 11.1. The van der Waals surface area contributed by atoms with Gasteiger partial charge >= 0.3 is 0 Å². The lowest BCUT2D eigenvalue weighted by Gasteiger charge is -1.98. The molecular weight excluding hydrogens is 176 g/mol. The quantitative estimate of drug-likeness (QED) is 0.656. The number of nitrogens with zero attached hydrogens (tertiary/aromatic N) is 4. The second-order valence-electron chi connectivity index (χ2n) is 3.96. The summed E-state index contributed by atoms with van der Waals surface area (Å²) in [6, 6.07) is 0. The Morgan fingerprint density at radius 1 is 1.21 bits per heavy atom. The smallest absolute Gasteiger partial charge is 0.164 e. The Kier molecular flexibility index (Phi) is 4.56. The van der Waals surface area contributed by atoms with Crippen molar-refractivity contribution in [2.24, 2.45) is 0 Å². The van der Waals surface area contributed by atoms with E-state index >= 15 is 0 Å². The largest absolute Gasteiger partial charge is 0.177 e. The van der Waals surface area contributed by atoms with Crippen LogP contribution in [0.3, 0.4) is 0 Å². The lowest BCUT2D eigenvalue weighted by molar-refractivity contribution is 0.478. The molecule has 0 spiro atoms. The molecular formula is C10H20N4. The molecule has 0 atom stereocenters. The van der Waals surface area contributed by atoms with Gasteiger partial charge in [-0.25, -0.2) is 0 Å². The van der Waals surface area contributed by atoms with Crippen LogP contribution in [0.15, 0.2) is 0 Å². The average Bonchev–Trinajstić information content (AvgIpc) is 2.61. The van der Waals surface area contributed by atoms with Crippen LogP contribution in [0.1, 0.15) is 58.2 Å². The molecule has 14 heavy (non-hydrogen) atoms. The van der Waals surface area contributed by atoms with Gasteiger partial charge in [0.15, 0.2) is 5.82 Å². The molecule has 1 rings (SSSR count). The molecule has 0 N–H and O–H groups in total. The molecule has 0 saturated carbocycles. The van der Waals surface area contributed by atoms with Crippen molar-refractivity contribution in [3.63, 3.8) is 0 Å². The predicted octanol–water partition coefficient (Wildman–Crippen LogP) is 2.38. The van der Waals surface area contributed by atoms with Crippen molar-refractivity contribution in [3.05, 3.63) is 5.82 Å². The van der Waals surface area contributed by atoms with E-state index in [2.05, 4.69) is 36.2 Å². The molecule has 0 aliphatic heterocycles. The third-order valence-electron chi connectivity index (χ3n) is 2.20. The van der Waals surface area contributed by atoms with Crippen LogP contribution >= 0.6 is 0 Å². The first-order chi connectivity index (χ1) is 6.74. The summed E-state index contributed by atoms with van der Waals surface area (Å²) in [5, 5.41) is 12.3. The number of hydrogen-bond acceptors (Lipinski definition) is 3. The van der Waals surface area contributed by atoms with Crippen LogP contribution in [-0.2, 0) is 6.54 Å². The molecule has 1 heterocycles. The van der Waals surface area contributed by atoms with E-state index in [9.17, 15) is 0 Å². The van der Waals surface area contributed by atoms with Crippen molar-refractivity contribution in [1.29, 1.82) is 0 Å². The van der Waals surface area contributed by atoms with Gasteiger partial charge in [-0.15, -0.1) is 10.2 Å². The van der Waals surface area contributed by atoms with E-state index in [1.54, 1.807) is 4.80 Å². The minimum atomic E-state index is 0.374. The van der Waals surface area contributed by atoms with E-state index in [-0.39, 0.29) is 0 Å². The standard InChI is InChI=1S/C10H20N4/c1-4-5-6-7-8-14-12-10(9(2)3)11-13-14/h9H,4-8H2,1-3H3. The van der Waals surface area contributed by atoms with Crippen molar-refractivity contribution in [2.75, 3.05) is 0 Å². The fraction of sp³-hybridized carbons (Fsp3) is 0.900. The van der Waals surface area contributed by atoms with Gasteiger partial charge in [0, 0.05) is 5.92 Å². The van der Waals surface area contributed by atoms with Crippen molar-refractivity contribution in [1.82, 2.24) is 20.2 Å². The van der Waals surface area contributed by atoms with Gasteiger partial charge in [-0.1, -0.05) is 40.0 Å². The highest BCUT2D eigenvalue weighted by atomic mass is 15.6. The Bertz CT molecular complexity index is 254. The molecule has 0 aliphatic carbocycles. The number of aromatic nitrogens is 4. The number of aryl methyl sites for hydroxylation is 1. The van der Waals surface area contributed by atoms with Crippen LogP contribution < -0.4 is 0 Å². The molecule has 4 heteroatoms. The van der Waals surface area contributed by atoms with E-state index in [0.29, 0.717) is 5.92 Å². The maximum Gasteiger partial charge on any atom is 0.177 e. The second kappa shape index (κ2) is 5.73. The summed E-state index contributed by atoms with van der Waals surface area (Å²) in [5.74, 6) is 1.22. The van der Waals surface area contributed by atoms with Crippen LogP contribution in [0.25, 0.3) is 0 Å². The average molecular weight is 196 g/mol. The molecule has 1 aromatic heterocycles. The van der Waals surface area contributed by atoms with Gasteiger partial charge in [0.1, 0.15) is 0 Å². The van der Waals surface area contributed by atoms with Gasteiger partial charge in [-0.3, -0.25) is 0 Å². The van der Waals surface area contributed by atoms with Crippen LogP contribution in [0.2, 0.25) is 0 Å². The van der Waals surface area contributed by atoms with Crippen LogP contribution in [0.5, 0.6) is 0 Å². The molecule has 1 aromatic rings. The molecule has 0 amide bonds. The lowest BCUT2D eigenvalue weighted by atomic mass is 10.2. The highest BCUT2D eigenvalue weighted by Gasteiger charge is 2.05. The number of hydrogen-bond donors (Lipinski definition) is 0. The van der Waals surface area contributed by atoms with E-state index in [1.165, 1.54) is 19.3 Å². The predicted molar refractivity (Wildman–Crippen MR) is 56.0 cm³/mol. The first-order valence-corrected chi connectivity index (χ1v) is 5.51. The molecule has 4 nitrogen and oxygen atoms in total. The fourth-order valence-electron chi connectivity index (χ4n) is 1.26. The lowest BCUT2D eigenvalue weighted by Crippen LogP contribution is -2.03. The Labute approximate surface area is 85.7 Å². The highest BCUT2D eigenvalue weighted by Crippen LogP contribution is 2.06. The topological polar surface area (TPSA) is 43.6 Å². The molecule has 80 valence electrons. The van der Waals surface area contributed by atoms with E-state index in [1.807, 2.05) is 0 Å². The van der Waals surface area contributed by atoms with Gasteiger partial charge in [0.25, 0.3) is 0 Å². The first-order valence-electron chi connectivity index (χ1n) is 5.51. The summed E-state index contributed by atoms with van der Waals surface area (Å²) in [5.41, 5.74) is 0. The maximum absolute atomic E-state index is 4.30. The zero-order valence-corrected chi connectivity index (χ0v) is 9.40. The van der Waals surface area contributed by atoms with E-state index in [0.717, 1.165) is 18.8 Å². The fourth-order valence-corrected chi connectivity index (χ4v) is 1.26. The molecule has 0 aromatic carbocycles. The molecule has 0 bridgehead atoms. The van der Waals surface area contributed by atoms with Crippen LogP contribution in [0, 0.1) is 0 Å². The number of tetrazole rings is 1. The minimum Gasteiger partial charge on any atom is -0.164 e. The van der Waals surface area contributed by atoms with Gasteiger partial charge < -0.3 is 0 Å². The van der Waals surface area contributed by atoms with E-state index < -0.39 is 0 Å². The summed E-state index contributed by atoms with van der Waals surface area (Å²) in [7, 11) is 0. The van der Waals surface area contributed by atoms with Crippen molar-refractivity contribution < 1.29 is 0 Å². The summed E-state index contributed by atoms with van der Waals surface area (Å²) < 4.78 is 0. The summed E-state index contributed by atoms with van der Waals surface area (Å²) in [6.45, 7) is 7.28. The zero-order chi connectivity index (χ0) is 10.4. The Balaban J connectivity index is 2.29. The molecule has 0 fully saturated rings. The number of unbranched alkanes of at least 4 members (excludes halogenated alkanes) is 3. The minimum absolute atomic E-state index is 0.374. The SMILES string of the molecule is CCCCCCn1nnc(C(C)C)n1. The third kappa shape index (κ3) is 3.44. The van der Waals surface area contributed by atoms with Crippen molar-refractivity contribution in [3.8, 4) is 0 Å². The maximum atomic E-state index is 4.30. The Morgan fingerprint density at radius 3 is 2.57 bits per heavy atom. The van der Waals surface area contributed by atoms with E-state index in [4.69, 9.17) is 0 Å². The van der Waals surface area contributed by atoms with Crippen LogP contribution in [0.4, 0.5) is 0 Å². The third-order valence-corrected chi connectivity index (χ3v) is 2.20. The zero-order valence-electron chi connectivity index (χ0n) is 9.40. The Morgan fingerprint density at radius 2 is 2.00 bits per heavy atom. The molecule has 0 saturated heterocycles. The summed E-state index contributed by atoms with van der Waals surface area (Å²) >= 11 is 0. The van der Waals surface area contributed by atoms with Gasteiger partial charge in [-0.2, -0.15) is 4.80 Å². The molecule has 0 unspecified atom stereocenters. The second-order valence-corrected chi connectivity index (χ2v) is 3.96. The Hall–Kier alpha value is -0.930. The molecule has 0 aliphatic rings. The van der Waals surface area contributed by atoms with Crippen molar-refractivity contribution in [2.45, 2.75) is 58.9 Å². The summed E-state index contributed by atoms with van der Waals surface area (Å²) in [6.07, 6.45) is 4.98. The monoisotopic (exact) mass is 196 g/mol. The normalized spacial score (nSPS) is 11.1. The van der Waals surface area contributed by atoms with Gasteiger partial charge in [-0.05, 0) is 11.6 Å². The number of rotatable bonds is 6. The highest BCUT2D eigenvalue weighted by molar-refractivity contribution is 4.84. The van der Waals surface area contributed by atoms with Gasteiger partial charge in [0.2, 0.25) is 0 Å². The van der Waals surface area contributed by atoms with Gasteiger partial charge in [0.05, 0.1) is 6.54 Å². The van der Waals surface area contributed by atoms with Crippen LogP contribution in [-0.4, -0.2) is 20.2 Å². The van der Waals surface area contributed by atoms with Crippen molar-refractivity contribution >= 4 is 0 Å². The summed E-state index contributed by atoms with van der Waals surface area (Å²) in [4.78, 5) is 1.71. The molecule has 0 radical (unpaired) electrons.